The standard InChI is InChI=1S/C12H18F3N3/c1-8(2)18(7-12(13,14)15)11-10(9(3)16)5-4-6-17-11/h4-6,8-9H,7,16H2,1-3H3. The van der Waals surface area contributed by atoms with Gasteiger partial charge >= 0.3 is 6.18 Å². The molecule has 6 heteroatoms. The molecule has 0 aliphatic carbocycles. The number of nitrogens with two attached hydrogens (primary N) is 1. The molecule has 0 aliphatic heterocycles. The number of rotatable bonds is 4. The van der Waals surface area contributed by atoms with Gasteiger partial charge in [-0.2, -0.15) is 13.2 Å². The number of aromatic nitrogens is 1. The molecule has 0 bridgehead atoms. The highest BCUT2D eigenvalue weighted by molar-refractivity contribution is 5.49. The topological polar surface area (TPSA) is 42.1 Å². The molecule has 0 saturated carbocycles. The molecule has 0 fully saturated rings. The zero-order valence-electron chi connectivity index (χ0n) is 10.7. The Labute approximate surface area is 105 Å². The van der Waals surface area contributed by atoms with Gasteiger partial charge < -0.3 is 10.6 Å². The molecule has 1 heterocycles. The van der Waals surface area contributed by atoms with E-state index in [1.807, 2.05) is 0 Å². The fourth-order valence-corrected chi connectivity index (χ4v) is 1.70. The minimum Gasteiger partial charge on any atom is -0.345 e. The predicted molar refractivity (Wildman–Crippen MR) is 65.4 cm³/mol. The molecule has 0 radical (unpaired) electrons. The summed E-state index contributed by atoms with van der Waals surface area (Å²) in [6.45, 7) is 4.10. The lowest BCUT2D eigenvalue weighted by molar-refractivity contribution is -0.120. The lowest BCUT2D eigenvalue weighted by Crippen LogP contribution is -2.40. The smallest absolute Gasteiger partial charge is 0.345 e. The van der Waals surface area contributed by atoms with E-state index in [9.17, 15) is 13.2 Å². The fraction of sp³-hybridized carbons (Fsp3) is 0.583. The van der Waals surface area contributed by atoms with Crippen molar-refractivity contribution in [2.45, 2.75) is 39.0 Å². The van der Waals surface area contributed by atoms with Crippen LogP contribution in [0.1, 0.15) is 32.4 Å². The van der Waals surface area contributed by atoms with Crippen LogP contribution in [-0.4, -0.2) is 23.7 Å². The summed E-state index contributed by atoms with van der Waals surface area (Å²) in [7, 11) is 0. The van der Waals surface area contributed by atoms with Crippen LogP contribution in [0.15, 0.2) is 18.3 Å². The average molecular weight is 261 g/mol. The minimum atomic E-state index is -4.27. The van der Waals surface area contributed by atoms with Gasteiger partial charge in [0.15, 0.2) is 0 Å². The summed E-state index contributed by atoms with van der Waals surface area (Å²) in [6, 6.07) is 2.72. The zero-order chi connectivity index (χ0) is 13.9. The summed E-state index contributed by atoms with van der Waals surface area (Å²) in [6.07, 6.45) is -2.79. The third-order valence-corrected chi connectivity index (χ3v) is 2.55. The van der Waals surface area contributed by atoms with Crippen LogP contribution in [0.25, 0.3) is 0 Å². The van der Waals surface area contributed by atoms with Crippen molar-refractivity contribution in [3.8, 4) is 0 Å². The van der Waals surface area contributed by atoms with Crippen molar-refractivity contribution in [2.24, 2.45) is 5.73 Å². The largest absolute Gasteiger partial charge is 0.405 e. The van der Waals surface area contributed by atoms with E-state index >= 15 is 0 Å². The van der Waals surface area contributed by atoms with Crippen molar-refractivity contribution in [1.29, 1.82) is 0 Å². The van der Waals surface area contributed by atoms with Crippen LogP contribution in [0.3, 0.4) is 0 Å². The molecule has 1 aromatic rings. The number of alkyl halides is 3. The van der Waals surface area contributed by atoms with Crippen molar-refractivity contribution < 1.29 is 13.2 Å². The van der Waals surface area contributed by atoms with Gasteiger partial charge in [0.05, 0.1) is 0 Å². The van der Waals surface area contributed by atoms with E-state index < -0.39 is 12.7 Å². The van der Waals surface area contributed by atoms with Crippen LogP contribution in [0.5, 0.6) is 0 Å². The molecule has 0 spiro atoms. The number of hydrogen-bond donors (Lipinski definition) is 1. The molecule has 0 aromatic carbocycles. The van der Waals surface area contributed by atoms with E-state index in [1.54, 1.807) is 32.9 Å². The van der Waals surface area contributed by atoms with E-state index in [2.05, 4.69) is 4.98 Å². The molecule has 0 aliphatic rings. The van der Waals surface area contributed by atoms with E-state index in [-0.39, 0.29) is 12.1 Å². The first kappa shape index (κ1) is 14.8. The Hall–Kier alpha value is -1.30. The highest BCUT2D eigenvalue weighted by atomic mass is 19.4. The van der Waals surface area contributed by atoms with Gasteiger partial charge in [0, 0.05) is 23.8 Å². The molecule has 0 amide bonds. The Morgan fingerprint density at radius 2 is 1.94 bits per heavy atom. The third kappa shape index (κ3) is 3.87. The van der Waals surface area contributed by atoms with Gasteiger partial charge in [0.2, 0.25) is 0 Å². The first-order chi connectivity index (χ1) is 8.22. The predicted octanol–water partition coefficient (Wildman–Crippen LogP) is 2.88. The molecule has 2 N–H and O–H groups in total. The second-order valence-electron chi connectivity index (χ2n) is 4.54. The van der Waals surface area contributed by atoms with Gasteiger partial charge in [-0.1, -0.05) is 6.07 Å². The van der Waals surface area contributed by atoms with Crippen molar-refractivity contribution in [3.63, 3.8) is 0 Å². The lowest BCUT2D eigenvalue weighted by atomic mass is 10.1. The maximum atomic E-state index is 12.6. The van der Waals surface area contributed by atoms with Crippen LogP contribution in [-0.2, 0) is 0 Å². The van der Waals surface area contributed by atoms with E-state index in [0.717, 1.165) is 0 Å². The Morgan fingerprint density at radius 3 is 2.39 bits per heavy atom. The second-order valence-corrected chi connectivity index (χ2v) is 4.54. The number of pyridine rings is 1. The molecule has 1 aromatic heterocycles. The summed E-state index contributed by atoms with van der Waals surface area (Å²) in [5, 5.41) is 0. The SMILES string of the molecule is CC(N)c1cccnc1N(CC(F)(F)F)C(C)C. The van der Waals surface area contributed by atoms with Crippen molar-refractivity contribution in [3.05, 3.63) is 23.9 Å². The molecule has 18 heavy (non-hydrogen) atoms. The first-order valence-electron chi connectivity index (χ1n) is 5.76. The molecule has 1 unspecified atom stereocenters. The average Bonchev–Trinajstić information content (AvgIpc) is 2.24. The summed E-state index contributed by atoms with van der Waals surface area (Å²) in [5.41, 5.74) is 6.39. The van der Waals surface area contributed by atoms with Crippen molar-refractivity contribution >= 4 is 5.82 Å². The monoisotopic (exact) mass is 261 g/mol. The van der Waals surface area contributed by atoms with Crippen LogP contribution in [0.4, 0.5) is 19.0 Å². The normalized spacial score (nSPS) is 13.8. The number of nitrogens with zero attached hydrogens (tertiary/aromatic N) is 2. The van der Waals surface area contributed by atoms with Crippen molar-refractivity contribution in [1.82, 2.24) is 4.98 Å². The molecule has 1 atom stereocenters. The molecule has 3 nitrogen and oxygen atoms in total. The highest BCUT2D eigenvalue weighted by Gasteiger charge is 2.33. The Morgan fingerprint density at radius 1 is 1.33 bits per heavy atom. The first-order valence-corrected chi connectivity index (χ1v) is 5.76. The Bertz CT molecular complexity index is 388. The summed E-state index contributed by atoms with van der Waals surface area (Å²) < 4.78 is 37.8. The summed E-state index contributed by atoms with van der Waals surface area (Å²) in [5.74, 6) is 0.305. The molecular weight excluding hydrogens is 243 g/mol. The zero-order valence-corrected chi connectivity index (χ0v) is 10.7. The van der Waals surface area contributed by atoms with Gasteiger partial charge in [-0.15, -0.1) is 0 Å². The lowest BCUT2D eigenvalue weighted by Gasteiger charge is -2.31. The second kappa shape index (κ2) is 5.56. The molecule has 0 saturated heterocycles. The summed E-state index contributed by atoms with van der Waals surface area (Å²) in [4.78, 5) is 5.27. The van der Waals surface area contributed by atoms with Crippen LogP contribution >= 0.6 is 0 Å². The number of anilines is 1. The Kier molecular flexibility index (Phi) is 4.56. The molecule has 102 valence electrons. The van der Waals surface area contributed by atoms with Gasteiger partial charge in [0.1, 0.15) is 12.4 Å². The number of halogens is 3. The van der Waals surface area contributed by atoms with Crippen LogP contribution in [0, 0.1) is 0 Å². The van der Waals surface area contributed by atoms with Crippen molar-refractivity contribution in [2.75, 3.05) is 11.4 Å². The molecule has 1 rings (SSSR count). The molecular formula is C12H18F3N3. The van der Waals surface area contributed by atoms with E-state index in [0.29, 0.717) is 11.4 Å². The van der Waals surface area contributed by atoms with Crippen LogP contribution in [0.2, 0.25) is 0 Å². The summed E-state index contributed by atoms with van der Waals surface area (Å²) >= 11 is 0. The maximum absolute atomic E-state index is 12.6. The Balaban J connectivity index is 3.14. The van der Waals surface area contributed by atoms with Gasteiger partial charge in [-0.05, 0) is 26.8 Å². The van der Waals surface area contributed by atoms with E-state index in [4.69, 9.17) is 5.73 Å². The minimum absolute atomic E-state index is 0.305. The van der Waals surface area contributed by atoms with Gasteiger partial charge in [-0.3, -0.25) is 0 Å². The maximum Gasteiger partial charge on any atom is 0.405 e. The fourth-order valence-electron chi connectivity index (χ4n) is 1.70. The van der Waals surface area contributed by atoms with Gasteiger partial charge in [-0.25, -0.2) is 4.98 Å². The van der Waals surface area contributed by atoms with E-state index in [1.165, 1.54) is 11.1 Å². The number of hydrogen-bond acceptors (Lipinski definition) is 3. The van der Waals surface area contributed by atoms with Gasteiger partial charge in [0.25, 0.3) is 0 Å². The third-order valence-electron chi connectivity index (χ3n) is 2.55. The quantitative estimate of drug-likeness (QED) is 0.906. The van der Waals surface area contributed by atoms with Crippen LogP contribution < -0.4 is 10.6 Å². The highest BCUT2D eigenvalue weighted by Crippen LogP contribution is 2.27.